The summed E-state index contributed by atoms with van der Waals surface area (Å²) in [6, 6.07) is 15.2. The van der Waals surface area contributed by atoms with Crippen LogP contribution in [0.2, 0.25) is 0 Å². The fourth-order valence-electron chi connectivity index (χ4n) is 2.95. The molecule has 1 N–H and O–H groups in total. The maximum Gasteiger partial charge on any atom is 0.339 e. The summed E-state index contributed by atoms with van der Waals surface area (Å²) in [5.74, 6) is -0.824. The summed E-state index contributed by atoms with van der Waals surface area (Å²) >= 11 is 0. The van der Waals surface area contributed by atoms with Crippen molar-refractivity contribution in [2.24, 2.45) is 0 Å². The van der Waals surface area contributed by atoms with Crippen LogP contribution in [-0.2, 0) is 14.3 Å². The van der Waals surface area contributed by atoms with Crippen LogP contribution in [0.4, 0.5) is 0 Å². The standard InChI is InChI=1S/C22H16N2O4S2.CH2O2/c1-27-21(25)15-9-13-5-3-7-17(19(13)23-11-15)29-30-18-8-4-6-14-10-16(22(26)28-2)12-24-20(14)18;2-1-3/h3-12H,1-2H3;1H,(H,2,3). The van der Waals surface area contributed by atoms with Crippen LogP contribution < -0.4 is 0 Å². The average Bonchev–Trinajstić information content (AvgIpc) is 2.86. The lowest BCUT2D eigenvalue weighted by atomic mass is 10.1. The van der Waals surface area contributed by atoms with E-state index in [4.69, 9.17) is 19.4 Å². The van der Waals surface area contributed by atoms with Gasteiger partial charge in [-0.1, -0.05) is 45.9 Å². The molecule has 4 rings (SSSR count). The molecule has 0 radical (unpaired) electrons. The number of nitrogens with zero attached hydrogens (tertiary/aromatic N) is 2. The van der Waals surface area contributed by atoms with E-state index in [0.717, 1.165) is 31.6 Å². The Morgan fingerprint density at radius 1 is 0.818 bits per heavy atom. The third-order valence-corrected chi connectivity index (χ3v) is 6.84. The number of rotatable bonds is 5. The molecule has 0 saturated carbocycles. The van der Waals surface area contributed by atoms with Crippen LogP contribution in [-0.4, -0.2) is 47.7 Å². The molecular formula is C23H18N2O6S2. The van der Waals surface area contributed by atoms with Crippen LogP contribution in [0.15, 0.2) is 70.7 Å². The highest BCUT2D eigenvalue weighted by atomic mass is 33.1. The highest BCUT2D eigenvalue weighted by Gasteiger charge is 2.12. The van der Waals surface area contributed by atoms with Crippen LogP contribution in [0, 0.1) is 0 Å². The van der Waals surface area contributed by atoms with Gasteiger partial charge >= 0.3 is 11.9 Å². The molecule has 0 aliphatic rings. The minimum Gasteiger partial charge on any atom is -0.483 e. The van der Waals surface area contributed by atoms with Crippen molar-refractivity contribution in [3.8, 4) is 0 Å². The van der Waals surface area contributed by atoms with E-state index in [1.807, 2.05) is 36.4 Å². The Balaban J connectivity index is 0.000000968. The van der Waals surface area contributed by atoms with Crippen LogP contribution in [0.5, 0.6) is 0 Å². The Bertz CT molecular complexity index is 1230. The van der Waals surface area contributed by atoms with Gasteiger partial charge in [0.2, 0.25) is 0 Å². The highest BCUT2D eigenvalue weighted by molar-refractivity contribution is 8.76. The maximum atomic E-state index is 11.8. The molecule has 0 amide bonds. The van der Waals surface area contributed by atoms with Gasteiger partial charge in [0.05, 0.1) is 36.4 Å². The molecule has 0 saturated heterocycles. The first-order chi connectivity index (χ1) is 16.0. The van der Waals surface area contributed by atoms with E-state index in [1.54, 1.807) is 33.7 Å². The molecule has 168 valence electrons. The highest BCUT2D eigenvalue weighted by Crippen LogP contribution is 2.42. The summed E-state index contributed by atoms with van der Waals surface area (Å²) in [6.45, 7) is -0.250. The largest absolute Gasteiger partial charge is 0.483 e. The van der Waals surface area contributed by atoms with Gasteiger partial charge in [0.25, 0.3) is 6.47 Å². The Kier molecular flexibility index (Phi) is 8.22. The van der Waals surface area contributed by atoms with Gasteiger partial charge in [0, 0.05) is 33.0 Å². The van der Waals surface area contributed by atoms with E-state index < -0.39 is 11.9 Å². The lowest BCUT2D eigenvalue weighted by Crippen LogP contribution is -2.01. The minimum absolute atomic E-state index is 0.250. The van der Waals surface area contributed by atoms with E-state index in [1.165, 1.54) is 26.6 Å². The zero-order valence-corrected chi connectivity index (χ0v) is 19.2. The molecule has 4 aromatic rings. The van der Waals surface area contributed by atoms with Crippen LogP contribution in [0.1, 0.15) is 20.7 Å². The molecule has 0 aliphatic heterocycles. The van der Waals surface area contributed by atoms with E-state index in [-0.39, 0.29) is 6.47 Å². The quantitative estimate of drug-likeness (QED) is 0.240. The molecule has 0 aliphatic carbocycles. The number of fused-ring (bicyclic) bond motifs is 2. The first-order valence-corrected chi connectivity index (χ1v) is 11.5. The SMILES string of the molecule is COC(=O)c1cnc2c(SSc3cccc4cc(C(=O)OC)cnc34)cccc2c1.O=CO. The third kappa shape index (κ3) is 5.60. The lowest BCUT2D eigenvalue weighted by Gasteiger charge is -2.08. The van der Waals surface area contributed by atoms with Crippen LogP contribution >= 0.6 is 21.6 Å². The summed E-state index contributed by atoms with van der Waals surface area (Å²) in [5.41, 5.74) is 2.45. The number of esters is 2. The second kappa shape index (κ2) is 11.3. The van der Waals surface area contributed by atoms with Crippen molar-refractivity contribution in [3.63, 3.8) is 0 Å². The molecule has 0 atom stereocenters. The number of carbonyl (C=O) groups is 3. The number of hydrogen-bond donors (Lipinski definition) is 1. The Hall–Kier alpha value is -3.63. The molecule has 2 aromatic heterocycles. The van der Waals surface area contributed by atoms with E-state index >= 15 is 0 Å². The Morgan fingerprint density at radius 3 is 1.58 bits per heavy atom. The number of benzene rings is 2. The van der Waals surface area contributed by atoms with Crippen molar-refractivity contribution in [2.45, 2.75) is 9.79 Å². The second-order valence-electron chi connectivity index (χ2n) is 6.36. The first kappa shape index (κ1) is 24.0. The number of methoxy groups -OCH3 is 2. The molecule has 10 heteroatoms. The monoisotopic (exact) mass is 482 g/mol. The van der Waals surface area contributed by atoms with Gasteiger partial charge in [-0.3, -0.25) is 14.8 Å². The van der Waals surface area contributed by atoms with Gasteiger partial charge < -0.3 is 14.6 Å². The summed E-state index contributed by atoms with van der Waals surface area (Å²) in [6.07, 6.45) is 3.05. The number of ether oxygens (including phenoxy) is 2. The van der Waals surface area contributed by atoms with Gasteiger partial charge in [-0.25, -0.2) is 9.59 Å². The number of hydrogen-bond acceptors (Lipinski definition) is 9. The van der Waals surface area contributed by atoms with Crippen LogP contribution in [0.3, 0.4) is 0 Å². The summed E-state index contributed by atoms with van der Waals surface area (Å²) in [4.78, 5) is 42.7. The van der Waals surface area contributed by atoms with Crippen molar-refractivity contribution in [2.75, 3.05) is 14.2 Å². The minimum atomic E-state index is -0.412. The zero-order valence-electron chi connectivity index (χ0n) is 17.6. The van der Waals surface area contributed by atoms with Gasteiger partial charge in [0.15, 0.2) is 0 Å². The molecule has 33 heavy (non-hydrogen) atoms. The van der Waals surface area contributed by atoms with Crippen molar-refractivity contribution in [1.29, 1.82) is 0 Å². The first-order valence-electron chi connectivity index (χ1n) is 9.39. The normalized spacial score (nSPS) is 10.2. The molecule has 2 heterocycles. The fraction of sp³-hybridized carbons (Fsp3) is 0.0870. The Labute approximate surface area is 196 Å². The van der Waals surface area contributed by atoms with Crippen molar-refractivity contribution >= 4 is 61.8 Å². The molecule has 8 nitrogen and oxygen atoms in total. The van der Waals surface area contributed by atoms with Gasteiger partial charge in [-0.15, -0.1) is 0 Å². The maximum absolute atomic E-state index is 11.8. The predicted molar refractivity (Wildman–Crippen MR) is 127 cm³/mol. The second-order valence-corrected chi connectivity index (χ2v) is 8.57. The van der Waals surface area contributed by atoms with E-state index in [9.17, 15) is 9.59 Å². The number of para-hydroxylation sites is 2. The molecular weight excluding hydrogens is 464 g/mol. The number of pyridine rings is 2. The summed E-state index contributed by atoms with van der Waals surface area (Å²) in [5, 5.41) is 8.62. The molecule has 0 fully saturated rings. The Morgan fingerprint density at radius 2 is 1.21 bits per heavy atom. The smallest absolute Gasteiger partial charge is 0.339 e. The molecule has 0 spiro atoms. The summed E-state index contributed by atoms with van der Waals surface area (Å²) in [7, 11) is 5.82. The van der Waals surface area contributed by atoms with Crippen molar-refractivity contribution in [1.82, 2.24) is 9.97 Å². The van der Waals surface area contributed by atoms with Crippen molar-refractivity contribution in [3.05, 3.63) is 72.1 Å². The average molecular weight is 483 g/mol. The number of carboxylic acid groups (broad SMARTS) is 1. The van der Waals surface area contributed by atoms with Crippen LogP contribution in [0.25, 0.3) is 21.8 Å². The van der Waals surface area contributed by atoms with E-state index in [0.29, 0.717) is 11.1 Å². The number of carbonyl (C=O) groups excluding carboxylic acids is 2. The molecule has 0 bridgehead atoms. The molecule has 0 unspecified atom stereocenters. The fourth-order valence-corrected chi connectivity index (χ4v) is 5.24. The lowest BCUT2D eigenvalue weighted by molar-refractivity contribution is -0.122. The zero-order chi connectivity index (χ0) is 23.8. The predicted octanol–water partition coefficient (Wildman–Crippen LogP) is 4.86. The van der Waals surface area contributed by atoms with Crippen molar-refractivity contribution < 1.29 is 29.0 Å². The number of aromatic nitrogens is 2. The topological polar surface area (TPSA) is 116 Å². The van der Waals surface area contributed by atoms with Gasteiger partial charge in [-0.05, 0) is 24.3 Å². The van der Waals surface area contributed by atoms with Gasteiger partial charge in [-0.2, -0.15) is 0 Å². The summed E-state index contributed by atoms with van der Waals surface area (Å²) < 4.78 is 9.54. The molecule has 2 aromatic carbocycles. The third-order valence-electron chi connectivity index (χ3n) is 4.41. The van der Waals surface area contributed by atoms with E-state index in [2.05, 4.69) is 9.97 Å². The van der Waals surface area contributed by atoms with Gasteiger partial charge in [0.1, 0.15) is 0 Å².